The Morgan fingerprint density at radius 3 is 2.29 bits per heavy atom. The number of carboxylic acid groups (broad SMARTS) is 1. The Kier molecular flexibility index (Phi) is 4.28. The van der Waals surface area contributed by atoms with Gasteiger partial charge in [0.15, 0.2) is 0 Å². The van der Waals surface area contributed by atoms with Crippen LogP contribution in [0.1, 0.15) is 34.0 Å². The van der Waals surface area contributed by atoms with Crippen molar-refractivity contribution in [1.82, 2.24) is 5.32 Å². The Labute approximate surface area is 105 Å². The lowest BCUT2D eigenvalue weighted by atomic mass is 10.0. The average Bonchev–Trinajstić information content (AvgIpc) is 2.54. The Balaban J connectivity index is 2.81. The highest BCUT2D eigenvalue weighted by molar-refractivity contribution is 7.14. The van der Waals surface area contributed by atoms with Crippen LogP contribution in [0.2, 0.25) is 0 Å². The third-order valence-corrected chi connectivity index (χ3v) is 3.76. The lowest BCUT2D eigenvalue weighted by molar-refractivity contribution is -0.140. The number of aliphatic carboxylic acids is 1. The van der Waals surface area contributed by atoms with E-state index < -0.39 is 12.0 Å². The molecule has 2 N–H and O–H groups in total. The van der Waals surface area contributed by atoms with Gasteiger partial charge in [0.1, 0.15) is 6.04 Å². The van der Waals surface area contributed by atoms with Crippen LogP contribution in [-0.2, 0) is 4.79 Å². The largest absolute Gasteiger partial charge is 0.480 e. The van der Waals surface area contributed by atoms with Crippen LogP contribution in [-0.4, -0.2) is 23.0 Å². The number of carboxylic acids is 1. The van der Waals surface area contributed by atoms with Crippen LogP contribution in [0, 0.1) is 19.8 Å². The molecule has 1 rings (SSSR count). The van der Waals surface area contributed by atoms with Crippen molar-refractivity contribution in [3.63, 3.8) is 0 Å². The maximum absolute atomic E-state index is 11.9. The summed E-state index contributed by atoms with van der Waals surface area (Å²) in [6.45, 7) is 7.40. The van der Waals surface area contributed by atoms with E-state index in [4.69, 9.17) is 5.11 Å². The molecule has 0 radical (unpaired) electrons. The lowest BCUT2D eigenvalue weighted by Crippen LogP contribution is -2.44. The van der Waals surface area contributed by atoms with E-state index in [9.17, 15) is 9.59 Å². The molecule has 1 heterocycles. The monoisotopic (exact) mass is 255 g/mol. The third-order valence-electron chi connectivity index (χ3n) is 2.61. The predicted octanol–water partition coefficient (Wildman–Crippen LogP) is 2.20. The van der Waals surface area contributed by atoms with E-state index in [2.05, 4.69) is 5.32 Å². The number of hydrogen-bond acceptors (Lipinski definition) is 3. The van der Waals surface area contributed by atoms with Gasteiger partial charge in [-0.15, -0.1) is 11.3 Å². The minimum absolute atomic E-state index is 0.140. The highest BCUT2D eigenvalue weighted by Crippen LogP contribution is 2.20. The molecule has 0 aliphatic heterocycles. The van der Waals surface area contributed by atoms with Crippen LogP contribution in [0.3, 0.4) is 0 Å². The number of aryl methyl sites for hydroxylation is 2. The SMILES string of the molecule is Cc1cc(C(=O)NC(C(=O)O)C(C)C)sc1C. The molecule has 0 aliphatic carbocycles. The molecular weight excluding hydrogens is 238 g/mol. The summed E-state index contributed by atoms with van der Waals surface area (Å²) in [5.74, 6) is -1.45. The molecule has 17 heavy (non-hydrogen) atoms. The zero-order chi connectivity index (χ0) is 13.2. The minimum Gasteiger partial charge on any atom is -0.480 e. The Morgan fingerprint density at radius 1 is 1.35 bits per heavy atom. The van der Waals surface area contributed by atoms with E-state index in [-0.39, 0.29) is 11.8 Å². The minimum atomic E-state index is -1.00. The van der Waals surface area contributed by atoms with Gasteiger partial charge < -0.3 is 10.4 Å². The molecule has 1 aromatic rings. The van der Waals surface area contributed by atoms with Crippen molar-refractivity contribution in [2.45, 2.75) is 33.7 Å². The molecule has 1 atom stereocenters. The third kappa shape index (κ3) is 3.30. The van der Waals surface area contributed by atoms with Gasteiger partial charge in [0.2, 0.25) is 0 Å². The first-order valence-corrected chi connectivity index (χ1v) is 6.25. The summed E-state index contributed by atoms with van der Waals surface area (Å²) in [5, 5.41) is 11.5. The first-order valence-electron chi connectivity index (χ1n) is 5.43. The molecule has 1 aromatic heterocycles. The fraction of sp³-hybridized carbons (Fsp3) is 0.500. The Morgan fingerprint density at radius 2 is 1.94 bits per heavy atom. The summed E-state index contributed by atoms with van der Waals surface area (Å²) in [6, 6.07) is 0.944. The molecule has 5 heteroatoms. The number of nitrogens with one attached hydrogen (secondary N) is 1. The zero-order valence-corrected chi connectivity index (χ0v) is 11.2. The Hall–Kier alpha value is -1.36. The first-order chi connectivity index (χ1) is 7.82. The van der Waals surface area contributed by atoms with Crippen molar-refractivity contribution in [2.24, 2.45) is 5.92 Å². The van der Waals surface area contributed by atoms with Gasteiger partial charge in [-0.1, -0.05) is 13.8 Å². The summed E-state index contributed by atoms with van der Waals surface area (Å²) in [7, 11) is 0. The van der Waals surface area contributed by atoms with Crippen molar-refractivity contribution in [3.05, 3.63) is 21.4 Å². The van der Waals surface area contributed by atoms with E-state index in [0.717, 1.165) is 10.4 Å². The summed E-state index contributed by atoms with van der Waals surface area (Å²) in [6.07, 6.45) is 0. The molecule has 94 valence electrons. The molecule has 0 bridgehead atoms. The van der Waals surface area contributed by atoms with E-state index in [1.54, 1.807) is 19.9 Å². The van der Waals surface area contributed by atoms with Crippen molar-refractivity contribution >= 4 is 23.2 Å². The molecule has 0 fully saturated rings. The smallest absolute Gasteiger partial charge is 0.326 e. The van der Waals surface area contributed by atoms with Crippen LogP contribution >= 0.6 is 11.3 Å². The van der Waals surface area contributed by atoms with Gasteiger partial charge in [0.05, 0.1) is 4.88 Å². The van der Waals surface area contributed by atoms with Gasteiger partial charge in [-0.05, 0) is 31.4 Å². The molecular formula is C12H17NO3S. The van der Waals surface area contributed by atoms with E-state index in [1.165, 1.54) is 11.3 Å². The summed E-state index contributed by atoms with van der Waals surface area (Å²) in [5.41, 5.74) is 1.05. The van der Waals surface area contributed by atoms with E-state index in [0.29, 0.717) is 4.88 Å². The quantitative estimate of drug-likeness (QED) is 0.866. The van der Waals surface area contributed by atoms with E-state index in [1.807, 2.05) is 13.8 Å². The van der Waals surface area contributed by atoms with Crippen molar-refractivity contribution in [2.75, 3.05) is 0 Å². The lowest BCUT2D eigenvalue weighted by Gasteiger charge is -2.17. The fourth-order valence-corrected chi connectivity index (χ4v) is 2.35. The molecule has 1 unspecified atom stereocenters. The van der Waals surface area contributed by atoms with Crippen LogP contribution in [0.15, 0.2) is 6.07 Å². The van der Waals surface area contributed by atoms with Crippen LogP contribution < -0.4 is 5.32 Å². The number of hydrogen-bond donors (Lipinski definition) is 2. The molecule has 0 saturated carbocycles. The van der Waals surface area contributed by atoms with Gasteiger partial charge in [0.25, 0.3) is 5.91 Å². The van der Waals surface area contributed by atoms with Gasteiger partial charge >= 0.3 is 5.97 Å². The first kappa shape index (κ1) is 13.7. The highest BCUT2D eigenvalue weighted by atomic mass is 32.1. The maximum Gasteiger partial charge on any atom is 0.326 e. The standard InChI is InChI=1S/C12H17NO3S/c1-6(2)10(12(15)16)13-11(14)9-5-7(3)8(4)17-9/h5-6,10H,1-4H3,(H,13,14)(H,15,16). The van der Waals surface area contributed by atoms with Crippen LogP contribution in [0.4, 0.5) is 0 Å². The van der Waals surface area contributed by atoms with Gasteiger partial charge in [0, 0.05) is 4.88 Å². The van der Waals surface area contributed by atoms with Crippen molar-refractivity contribution in [3.8, 4) is 0 Å². The molecule has 0 spiro atoms. The number of amides is 1. The molecule has 0 aromatic carbocycles. The maximum atomic E-state index is 11.9. The van der Waals surface area contributed by atoms with Gasteiger partial charge in [-0.2, -0.15) is 0 Å². The Bertz CT molecular complexity index is 417. The zero-order valence-electron chi connectivity index (χ0n) is 10.4. The molecule has 0 aliphatic rings. The second kappa shape index (κ2) is 5.31. The molecule has 0 saturated heterocycles. The summed E-state index contributed by atoms with van der Waals surface area (Å²) < 4.78 is 0. The predicted molar refractivity (Wildman–Crippen MR) is 67.5 cm³/mol. The molecule has 1 amide bonds. The van der Waals surface area contributed by atoms with Crippen molar-refractivity contribution < 1.29 is 14.7 Å². The fourth-order valence-electron chi connectivity index (χ4n) is 1.41. The normalized spacial score (nSPS) is 12.5. The number of carbonyl (C=O) groups excluding carboxylic acids is 1. The van der Waals surface area contributed by atoms with Gasteiger partial charge in [-0.3, -0.25) is 4.79 Å². The highest BCUT2D eigenvalue weighted by Gasteiger charge is 2.24. The second-order valence-electron chi connectivity index (χ2n) is 4.38. The summed E-state index contributed by atoms with van der Waals surface area (Å²) in [4.78, 5) is 24.5. The average molecular weight is 255 g/mol. The summed E-state index contributed by atoms with van der Waals surface area (Å²) >= 11 is 1.38. The van der Waals surface area contributed by atoms with E-state index >= 15 is 0 Å². The number of thiophene rings is 1. The number of carbonyl (C=O) groups is 2. The van der Waals surface area contributed by atoms with Crippen LogP contribution in [0.25, 0.3) is 0 Å². The van der Waals surface area contributed by atoms with Crippen LogP contribution in [0.5, 0.6) is 0 Å². The second-order valence-corrected chi connectivity index (χ2v) is 5.64. The number of rotatable bonds is 4. The van der Waals surface area contributed by atoms with Crippen molar-refractivity contribution in [1.29, 1.82) is 0 Å². The molecule has 4 nitrogen and oxygen atoms in total. The van der Waals surface area contributed by atoms with Gasteiger partial charge in [-0.25, -0.2) is 4.79 Å². The topological polar surface area (TPSA) is 66.4 Å².